The van der Waals surface area contributed by atoms with Gasteiger partial charge in [0.1, 0.15) is 0 Å². The number of halogens is 1. The number of nitro groups is 1. The molecule has 0 unspecified atom stereocenters. The first-order valence-electron chi connectivity index (χ1n) is 10.5. The molecule has 1 aliphatic rings. The molecule has 0 spiro atoms. The number of aromatic nitrogens is 2. The Kier molecular flexibility index (Phi) is 5.30. The van der Waals surface area contributed by atoms with Gasteiger partial charge in [-0.3, -0.25) is 14.9 Å². The highest BCUT2D eigenvalue weighted by molar-refractivity contribution is 6.34. The molecule has 0 atom stereocenters. The van der Waals surface area contributed by atoms with Gasteiger partial charge in [0, 0.05) is 23.9 Å². The lowest BCUT2D eigenvalue weighted by Gasteiger charge is -2.28. The minimum absolute atomic E-state index is 0.00382. The van der Waals surface area contributed by atoms with Crippen molar-refractivity contribution in [2.75, 3.05) is 5.32 Å². The van der Waals surface area contributed by atoms with Crippen molar-refractivity contribution in [3.05, 3.63) is 81.5 Å². The molecule has 2 heterocycles. The molecule has 5 rings (SSSR count). The monoisotopic (exact) mass is 462 g/mol. The molecule has 166 valence electrons. The molecule has 0 saturated heterocycles. The lowest BCUT2D eigenvalue weighted by atomic mass is 9.78. The van der Waals surface area contributed by atoms with Crippen molar-refractivity contribution in [3.8, 4) is 11.5 Å². The lowest BCUT2D eigenvalue weighted by molar-refractivity contribution is -0.384. The van der Waals surface area contributed by atoms with Gasteiger partial charge < -0.3 is 9.73 Å². The van der Waals surface area contributed by atoms with Gasteiger partial charge in [0.25, 0.3) is 5.69 Å². The van der Waals surface area contributed by atoms with Crippen LogP contribution in [0.5, 0.6) is 0 Å². The predicted molar refractivity (Wildman–Crippen MR) is 124 cm³/mol. The smallest absolute Gasteiger partial charge is 0.269 e. The van der Waals surface area contributed by atoms with Crippen molar-refractivity contribution in [1.29, 1.82) is 0 Å². The number of carbonyl (C=O) groups excluding carboxylic acids is 1. The minimum Gasteiger partial charge on any atom is -0.434 e. The number of oxazole rings is 1. The van der Waals surface area contributed by atoms with Gasteiger partial charge in [0.05, 0.1) is 21.0 Å². The topological polar surface area (TPSA) is 111 Å². The van der Waals surface area contributed by atoms with Gasteiger partial charge in [-0.05, 0) is 48.7 Å². The van der Waals surface area contributed by atoms with Gasteiger partial charge in [-0.2, -0.15) is 4.98 Å². The van der Waals surface area contributed by atoms with E-state index in [0.717, 1.165) is 18.4 Å². The van der Waals surface area contributed by atoms with Crippen molar-refractivity contribution in [1.82, 2.24) is 9.97 Å². The number of anilines is 1. The van der Waals surface area contributed by atoms with Crippen LogP contribution in [0.1, 0.15) is 31.2 Å². The van der Waals surface area contributed by atoms with Crippen LogP contribution in [0.3, 0.4) is 0 Å². The number of nitrogens with one attached hydrogen (secondary N) is 1. The second-order valence-electron chi connectivity index (χ2n) is 8.09. The number of rotatable bonds is 5. The average molecular weight is 463 g/mol. The van der Waals surface area contributed by atoms with E-state index in [9.17, 15) is 14.9 Å². The molecule has 1 aliphatic carbocycles. The number of nitro benzene ring substituents is 1. The summed E-state index contributed by atoms with van der Waals surface area (Å²) in [7, 11) is 0. The summed E-state index contributed by atoms with van der Waals surface area (Å²) in [4.78, 5) is 32.7. The molecule has 2 aromatic heterocycles. The van der Waals surface area contributed by atoms with Gasteiger partial charge in [-0.15, -0.1) is 0 Å². The molecule has 0 aliphatic heterocycles. The third kappa shape index (κ3) is 3.82. The van der Waals surface area contributed by atoms with Crippen molar-refractivity contribution in [2.24, 2.45) is 0 Å². The summed E-state index contributed by atoms with van der Waals surface area (Å²) in [5, 5.41) is 14.4. The summed E-state index contributed by atoms with van der Waals surface area (Å²) >= 11 is 6.41. The van der Waals surface area contributed by atoms with E-state index >= 15 is 0 Å². The maximum atomic E-state index is 13.5. The Morgan fingerprint density at radius 3 is 2.58 bits per heavy atom. The van der Waals surface area contributed by atoms with E-state index in [0.29, 0.717) is 46.2 Å². The van der Waals surface area contributed by atoms with E-state index in [1.165, 1.54) is 12.1 Å². The summed E-state index contributed by atoms with van der Waals surface area (Å²) in [6, 6.07) is 15.0. The van der Waals surface area contributed by atoms with Crippen LogP contribution in [-0.4, -0.2) is 20.8 Å². The van der Waals surface area contributed by atoms with Crippen LogP contribution < -0.4 is 5.32 Å². The minimum atomic E-state index is -0.768. The molecule has 1 fully saturated rings. The molecule has 0 bridgehead atoms. The average Bonchev–Trinajstić information content (AvgIpc) is 3.49. The quantitative estimate of drug-likeness (QED) is 0.292. The van der Waals surface area contributed by atoms with E-state index in [-0.39, 0.29) is 11.6 Å². The third-order valence-electron chi connectivity index (χ3n) is 6.15. The Hall–Kier alpha value is -3.78. The molecule has 4 aromatic rings. The Bertz CT molecular complexity index is 1330. The molecule has 1 saturated carbocycles. The van der Waals surface area contributed by atoms with Crippen LogP contribution in [0.4, 0.5) is 11.4 Å². The Morgan fingerprint density at radius 2 is 1.88 bits per heavy atom. The zero-order chi connectivity index (χ0) is 23.0. The summed E-state index contributed by atoms with van der Waals surface area (Å²) < 4.78 is 5.79. The molecule has 2 aromatic carbocycles. The standard InChI is InChI=1S/C24H19ClN4O4/c25-18-10-5-15(22-28-21-20(33-22)4-3-13-26-21)14-19(18)27-23(30)24(11-1-2-12-24)16-6-8-17(9-7-16)29(31)32/h3-10,13-14H,1-2,11-12H2,(H,27,30). The van der Waals surface area contributed by atoms with Crippen LogP contribution in [0, 0.1) is 10.1 Å². The zero-order valence-corrected chi connectivity index (χ0v) is 18.2. The van der Waals surface area contributed by atoms with E-state index in [1.807, 2.05) is 0 Å². The van der Waals surface area contributed by atoms with Crippen molar-refractivity contribution in [2.45, 2.75) is 31.1 Å². The fourth-order valence-corrected chi connectivity index (χ4v) is 4.58. The summed E-state index contributed by atoms with van der Waals surface area (Å²) in [5.41, 5.74) is 2.16. The van der Waals surface area contributed by atoms with E-state index in [4.69, 9.17) is 16.0 Å². The number of pyridine rings is 1. The number of hydrogen-bond donors (Lipinski definition) is 1. The fourth-order valence-electron chi connectivity index (χ4n) is 4.42. The first-order valence-corrected chi connectivity index (χ1v) is 10.9. The summed E-state index contributed by atoms with van der Waals surface area (Å²) in [5.74, 6) is 0.189. The molecular formula is C24H19ClN4O4. The van der Waals surface area contributed by atoms with Crippen molar-refractivity contribution in [3.63, 3.8) is 0 Å². The second kappa shape index (κ2) is 8.29. The highest BCUT2D eigenvalue weighted by atomic mass is 35.5. The summed E-state index contributed by atoms with van der Waals surface area (Å²) in [6.45, 7) is 0. The number of fused-ring (bicyclic) bond motifs is 1. The normalized spacial score (nSPS) is 14.9. The molecule has 0 radical (unpaired) electrons. The fraction of sp³-hybridized carbons (Fsp3) is 0.208. The Balaban J connectivity index is 1.46. The van der Waals surface area contributed by atoms with Crippen LogP contribution in [0.2, 0.25) is 5.02 Å². The van der Waals surface area contributed by atoms with E-state index in [1.54, 1.807) is 48.7 Å². The molecule has 8 nitrogen and oxygen atoms in total. The largest absolute Gasteiger partial charge is 0.434 e. The van der Waals surface area contributed by atoms with Crippen LogP contribution in [0.25, 0.3) is 22.7 Å². The zero-order valence-electron chi connectivity index (χ0n) is 17.5. The molecule has 1 N–H and O–H groups in total. The van der Waals surface area contributed by atoms with Crippen LogP contribution >= 0.6 is 11.6 Å². The van der Waals surface area contributed by atoms with Gasteiger partial charge >= 0.3 is 0 Å². The lowest BCUT2D eigenvalue weighted by Crippen LogP contribution is -2.38. The molecule has 33 heavy (non-hydrogen) atoms. The van der Waals surface area contributed by atoms with Crippen molar-refractivity contribution < 1.29 is 14.1 Å². The Morgan fingerprint density at radius 1 is 1.12 bits per heavy atom. The van der Waals surface area contributed by atoms with Gasteiger partial charge in [-0.1, -0.05) is 36.6 Å². The first-order chi connectivity index (χ1) is 16.0. The number of benzene rings is 2. The molecular weight excluding hydrogens is 444 g/mol. The van der Waals surface area contributed by atoms with E-state index < -0.39 is 10.3 Å². The second-order valence-corrected chi connectivity index (χ2v) is 8.49. The van der Waals surface area contributed by atoms with Gasteiger partial charge in [0.15, 0.2) is 11.2 Å². The summed E-state index contributed by atoms with van der Waals surface area (Å²) in [6.07, 6.45) is 4.75. The number of amides is 1. The number of carbonyl (C=O) groups is 1. The molecule has 9 heteroatoms. The maximum Gasteiger partial charge on any atom is 0.269 e. The first kappa shape index (κ1) is 21.1. The Labute approximate surface area is 193 Å². The highest BCUT2D eigenvalue weighted by Crippen LogP contribution is 2.43. The number of hydrogen-bond acceptors (Lipinski definition) is 6. The highest BCUT2D eigenvalue weighted by Gasteiger charge is 2.43. The predicted octanol–water partition coefficient (Wildman–Crippen LogP) is 5.90. The van der Waals surface area contributed by atoms with Crippen LogP contribution in [-0.2, 0) is 10.2 Å². The molecule has 1 amide bonds. The van der Waals surface area contributed by atoms with Gasteiger partial charge in [0.2, 0.25) is 11.8 Å². The van der Waals surface area contributed by atoms with Crippen LogP contribution in [0.15, 0.2) is 65.2 Å². The van der Waals surface area contributed by atoms with Crippen molar-refractivity contribution >= 4 is 40.1 Å². The van der Waals surface area contributed by atoms with E-state index in [2.05, 4.69) is 15.3 Å². The maximum absolute atomic E-state index is 13.5. The van der Waals surface area contributed by atoms with Gasteiger partial charge in [-0.25, -0.2) is 4.98 Å². The third-order valence-corrected chi connectivity index (χ3v) is 6.48. The number of non-ortho nitro benzene ring substituents is 1. The number of nitrogens with zero attached hydrogens (tertiary/aromatic N) is 3. The SMILES string of the molecule is O=C(Nc1cc(-c2nc3ncccc3o2)ccc1Cl)C1(c2ccc([N+](=O)[O-])cc2)CCCC1.